The van der Waals surface area contributed by atoms with E-state index < -0.39 is 0 Å². The normalized spacial score (nSPS) is 10.9. The number of anilines is 1. The highest BCUT2D eigenvalue weighted by molar-refractivity contribution is 7.99. The van der Waals surface area contributed by atoms with Gasteiger partial charge in [0.1, 0.15) is 11.5 Å². The van der Waals surface area contributed by atoms with Gasteiger partial charge < -0.3 is 9.73 Å². The first kappa shape index (κ1) is 20.8. The van der Waals surface area contributed by atoms with Crippen LogP contribution in [0.2, 0.25) is 0 Å². The van der Waals surface area contributed by atoms with E-state index in [4.69, 9.17) is 4.42 Å². The molecule has 0 bridgehead atoms. The number of rotatable bonds is 8. The zero-order valence-corrected chi connectivity index (χ0v) is 18.1. The maximum Gasteiger partial charge on any atom is 0.234 e. The lowest BCUT2D eigenvalue weighted by atomic mass is 10.1. The van der Waals surface area contributed by atoms with E-state index in [1.54, 1.807) is 24.9 Å². The number of nitrogens with zero attached hydrogens (tertiary/aromatic N) is 5. The van der Waals surface area contributed by atoms with Gasteiger partial charge in [0, 0.05) is 18.1 Å². The highest BCUT2D eigenvalue weighted by Crippen LogP contribution is 2.25. The van der Waals surface area contributed by atoms with E-state index in [2.05, 4.69) is 32.4 Å². The number of hydrogen-bond acceptors (Lipinski definition) is 7. The van der Waals surface area contributed by atoms with E-state index in [1.807, 2.05) is 41.8 Å². The van der Waals surface area contributed by atoms with Gasteiger partial charge in [-0.15, -0.1) is 10.2 Å². The Morgan fingerprint density at radius 2 is 2.10 bits per heavy atom. The Kier molecular flexibility index (Phi) is 6.42. The van der Waals surface area contributed by atoms with Gasteiger partial charge in [-0.1, -0.05) is 36.9 Å². The SMILES string of the molecule is CCc1cccc(C)c1NC(=O)CSc1nnc(-c2cnccn2)n1Cc1ccco1. The van der Waals surface area contributed by atoms with Crippen molar-refractivity contribution < 1.29 is 9.21 Å². The zero-order valence-electron chi connectivity index (χ0n) is 17.3. The summed E-state index contributed by atoms with van der Waals surface area (Å²) in [6.45, 7) is 4.49. The predicted molar refractivity (Wildman–Crippen MR) is 119 cm³/mol. The largest absolute Gasteiger partial charge is 0.467 e. The minimum absolute atomic E-state index is 0.0948. The Morgan fingerprint density at radius 3 is 2.84 bits per heavy atom. The van der Waals surface area contributed by atoms with Crippen molar-refractivity contribution in [3.8, 4) is 11.5 Å². The molecule has 4 rings (SSSR count). The van der Waals surface area contributed by atoms with Crippen molar-refractivity contribution in [2.24, 2.45) is 0 Å². The smallest absolute Gasteiger partial charge is 0.234 e. The van der Waals surface area contributed by atoms with Crippen LogP contribution in [0, 0.1) is 6.92 Å². The molecule has 0 saturated carbocycles. The average Bonchev–Trinajstić information content (AvgIpc) is 3.45. The summed E-state index contributed by atoms with van der Waals surface area (Å²) >= 11 is 1.32. The van der Waals surface area contributed by atoms with Gasteiger partial charge in [-0.25, -0.2) is 4.98 Å². The van der Waals surface area contributed by atoms with E-state index in [9.17, 15) is 4.79 Å². The van der Waals surface area contributed by atoms with Crippen LogP contribution in [-0.2, 0) is 17.8 Å². The average molecular weight is 435 g/mol. The van der Waals surface area contributed by atoms with Crippen molar-refractivity contribution >= 4 is 23.4 Å². The van der Waals surface area contributed by atoms with Crippen molar-refractivity contribution in [2.45, 2.75) is 32.0 Å². The first-order chi connectivity index (χ1) is 15.2. The molecule has 1 amide bonds. The molecule has 158 valence electrons. The molecule has 1 aromatic carbocycles. The monoisotopic (exact) mass is 434 g/mol. The van der Waals surface area contributed by atoms with Gasteiger partial charge in [0.05, 0.1) is 24.8 Å². The van der Waals surface area contributed by atoms with E-state index in [0.717, 1.165) is 29.0 Å². The molecule has 9 heteroatoms. The standard InChI is InChI=1S/C22H22N6O2S/c1-3-16-7-4-6-15(2)20(16)25-19(29)14-31-22-27-26-21(18-12-23-9-10-24-18)28(22)13-17-8-5-11-30-17/h4-12H,3,13-14H2,1-2H3,(H,25,29). The topological polar surface area (TPSA) is 98.7 Å². The van der Waals surface area contributed by atoms with E-state index >= 15 is 0 Å². The Morgan fingerprint density at radius 1 is 1.19 bits per heavy atom. The van der Waals surface area contributed by atoms with Crippen molar-refractivity contribution in [2.75, 3.05) is 11.1 Å². The quantitative estimate of drug-likeness (QED) is 0.419. The molecule has 0 aliphatic rings. The summed E-state index contributed by atoms with van der Waals surface area (Å²) in [5.41, 5.74) is 3.64. The van der Waals surface area contributed by atoms with Crippen LogP contribution in [0.15, 0.2) is 64.8 Å². The highest BCUT2D eigenvalue weighted by Gasteiger charge is 2.18. The Hall–Kier alpha value is -3.46. The summed E-state index contributed by atoms with van der Waals surface area (Å²) in [6, 6.07) is 9.74. The lowest BCUT2D eigenvalue weighted by Gasteiger charge is -2.13. The number of amides is 1. The van der Waals surface area contributed by atoms with Gasteiger partial charge in [-0.2, -0.15) is 0 Å². The van der Waals surface area contributed by atoms with Crippen LogP contribution in [0.25, 0.3) is 11.5 Å². The number of aromatic nitrogens is 5. The lowest BCUT2D eigenvalue weighted by molar-refractivity contribution is -0.113. The van der Waals surface area contributed by atoms with Crippen LogP contribution in [0.4, 0.5) is 5.69 Å². The minimum Gasteiger partial charge on any atom is -0.467 e. The number of para-hydroxylation sites is 1. The van der Waals surface area contributed by atoms with Gasteiger partial charge in [0.15, 0.2) is 11.0 Å². The maximum atomic E-state index is 12.7. The van der Waals surface area contributed by atoms with Gasteiger partial charge in [0.25, 0.3) is 0 Å². The van der Waals surface area contributed by atoms with Crippen LogP contribution in [0.1, 0.15) is 23.8 Å². The number of nitrogens with one attached hydrogen (secondary N) is 1. The molecule has 0 aliphatic carbocycles. The van der Waals surface area contributed by atoms with Crippen LogP contribution in [0.3, 0.4) is 0 Å². The number of furan rings is 1. The molecule has 1 N–H and O–H groups in total. The number of carbonyl (C=O) groups is 1. The molecule has 0 saturated heterocycles. The third-order valence-electron chi connectivity index (χ3n) is 4.74. The molecule has 0 atom stereocenters. The predicted octanol–water partition coefficient (Wildman–Crippen LogP) is 3.98. The van der Waals surface area contributed by atoms with Crippen LogP contribution in [0.5, 0.6) is 0 Å². The van der Waals surface area contributed by atoms with Crippen LogP contribution < -0.4 is 5.32 Å². The van der Waals surface area contributed by atoms with Crippen LogP contribution >= 0.6 is 11.8 Å². The first-order valence-electron chi connectivity index (χ1n) is 9.88. The molecule has 4 aromatic rings. The van der Waals surface area contributed by atoms with Crippen molar-refractivity contribution in [3.05, 3.63) is 72.1 Å². The van der Waals surface area contributed by atoms with Crippen molar-refractivity contribution in [1.82, 2.24) is 24.7 Å². The fourth-order valence-electron chi connectivity index (χ4n) is 3.21. The summed E-state index contributed by atoms with van der Waals surface area (Å²) in [4.78, 5) is 21.1. The molecular weight excluding hydrogens is 412 g/mol. The molecule has 0 fully saturated rings. The lowest BCUT2D eigenvalue weighted by Crippen LogP contribution is -2.17. The number of aryl methyl sites for hydroxylation is 2. The molecule has 0 aliphatic heterocycles. The Balaban J connectivity index is 1.53. The van der Waals surface area contributed by atoms with Crippen molar-refractivity contribution in [3.63, 3.8) is 0 Å². The molecular formula is C22H22N6O2S. The molecule has 3 heterocycles. The second kappa shape index (κ2) is 9.57. The van der Waals surface area contributed by atoms with Gasteiger partial charge >= 0.3 is 0 Å². The third-order valence-corrected chi connectivity index (χ3v) is 5.71. The van der Waals surface area contributed by atoms with Gasteiger partial charge in [-0.05, 0) is 36.6 Å². The second-order valence-corrected chi connectivity index (χ2v) is 7.80. The summed E-state index contributed by atoms with van der Waals surface area (Å²) in [6.07, 6.45) is 7.31. The number of carbonyl (C=O) groups excluding carboxylic acids is 1. The Labute approximate surface area is 184 Å². The molecule has 0 radical (unpaired) electrons. The van der Waals surface area contributed by atoms with E-state index in [1.165, 1.54) is 11.8 Å². The molecule has 0 spiro atoms. The third kappa shape index (κ3) is 4.83. The zero-order chi connectivity index (χ0) is 21.6. The molecule has 3 aromatic heterocycles. The van der Waals surface area contributed by atoms with Crippen molar-refractivity contribution in [1.29, 1.82) is 0 Å². The summed E-state index contributed by atoms with van der Waals surface area (Å²) in [7, 11) is 0. The minimum atomic E-state index is -0.0948. The molecule has 0 unspecified atom stereocenters. The van der Waals surface area contributed by atoms with Crippen LogP contribution in [-0.4, -0.2) is 36.4 Å². The maximum absolute atomic E-state index is 12.7. The Bertz CT molecular complexity index is 1160. The molecule has 8 nitrogen and oxygen atoms in total. The summed E-state index contributed by atoms with van der Waals surface area (Å²) < 4.78 is 7.38. The fourth-order valence-corrected chi connectivity index (χ4v) is 3.95. The van der Waals surface area contributed by atoms with Gasteiger partial charge in [0.2, 0.25) is 5.91 Å². The number of thioether (sulfide) groups is 1. The highest BCUT2D eigenvalue weighted by atomic mass is 32.2. The number of hydrogen-bond donors (Lipinski definition) is 1. The second-order valence-electron chi connectivity index (χ2n) is 6.86. The van der Waals surface area contributed by atoms with Gasteiger partial charge in [-0.3, -0.25) is 14.3 Å². The first-order valence-corrected chi connectivity index (χ1v) is 10.9. The summed E-state index contributed by atoms with van der Waals surface area (Å²) in [5, 5.41) is 12.2. The van der Waals surface area contributed by atoms with E-state index in [0.29, 0.717) is 23.2 Å². The molecule has 31 heavy (non-hydrogen) atoms. The fraction of sp³-hybridized carbons (Fsp3) is 0.227. The van der Waals surface area contributed by atoms with E-state index in [-0.39, 0.29) is 11.7 Å². The summed E-state index contributed by atoms with van der Waals surface area (Å²) in [5.74, 6) is 1.43. The number of benzene rings is 1.